The van der Waals surface area contributed by atoms with Gasteiger partial charge in [0.1, 0.15) is 23.0 Å². The van der Waals surface area contributed by atoms with Crippen molar-refractivity contribution in [3.63, 3.8) is 0 Å². The van der Waals surface area contributed by atoms with Crippen LogP contribution in [-0.4, -0.2) is 79.5 Å². The van der Waals surface area contributed by atoms with Crippen molar-refractivity contribution in [2.75, 3.05) is 67.7 Å². The number of methoxy groups -OCH3 is 4. The summed E-state index contributed by atoms with van der Waals surface area (Å²) in [6.45, 7) is 4.99. The maximum Gasteiger partial charge on any atom is 0.220 e. The Kier molecular flexibility index (Phi) is 17.5. The zero-order valence-electron chi connectivity index (χ0n) is 25.8. The largest absolute Gasteiger partial charge is 0.497 e. The molecule has 0 aliphatic rings. The number of benzene rings is 2. The van der Waals surface area contributed by atoms with Gasteiger partial charge >= 0.3 is 0 Å². The summed E-state index contributed by atoms with van der Waals surface area (Å²) in [5, 5.41) is 12.8. The first kappa shape index (κ1) is 34.7. The van der Waals surface area contributed by atoms with E-state index in [-0.39, 0.29) is 11.8 Å². The second-order valence-electron chi connectivity index (χ2n) is 9.97. The average Bonchev–Trinajstić information content (AvgIpc) is 3.02. The van der Waals surface area contributed by atoms with Gasteiger partial charge in [-0.1, -0.05) is 0 Å². The van der Waals surface area contributed by atoms with Gasteiger partial charge in [0.05, 0.1) is 28.4 Å². The highest BCUT2D eigenvalue weighted by Crippen LogP contribution is 2.26. The highest BCUT2D eigenvalue weighted by Gasteiger charge is 2.09. The first-order valence-electron chi connectivity index (χ1n) is 14.9. The number of unbranched alkanes of at least 4 members (excludes halogenated alkanes) is 1. The number of aryl methyl sites for hydroxylation is 2. The summed E-state index contributed by atoms with van der Waals surface area (Å²) in [6.07, 6.45) is 6.00. The highest BCUT2D eigenvalue weighted by atomic mass is 16.5. The second-order valence-corrected chi connectivity index (χ2v) is 9.97. The van der Waals surface area contributed by atoms with E-state index >= 15 is 0 Å². The van der Waals surface area contributed by atoms with Gasteiger partial charge in [-0.15, -0.1) is 0 Å². The molecular formula is C32H50N4O6. The molecule has 42 heavy (non-hydrogen) atoms. The fraction of sp³-hybridized carbons (Fsp3) is 0.562. The quantitative estimate of drug-likeness (QED) is 0.147. The van der Waals surface area contributed by atoms with Crippen LogP contribution in [0, 0.1) is 0 Å². The van der Waals surface area contributed by atoms with Gasteiger partial charge in [0.2, 0.25) is 11.8 Å². The Morgan fingerprint density at radius 1 is 0.548 bits per heavy atom. The second kappa shape index (κ2) is 21.2. The Morgan fingerprint density at radius 2 is 0.952 bits per heavy atom. The Hall–Kier alpha value is -3.50. The lowest BCUT2D eigenvalue weighted by molar-refractivity contribution is -0.121. The summed E-state index contributed by atoms with van der Waals surface area (Å²) < 4.78 is 21.3. The molecule has 10 nitrogen and oxygen atoms in total. The molecule has 234 valence electrons. The van der Waals surface area contributed by atoms with Crippen molar-refractivity contribution in [3.05, 3.63) is 47.5 Å². The first-order chi connectivity index (χ1) is 20.5. The molecule has 2 aromatic rings. The fourth-order valence-electron chi connectivity index (χ4n) is 4.46. The van der Waals surface area contributed by atoms with Crippen molar-refractivity contribution in [1.29, 1.82) is 0 Å². The highest BCUT2D eigenvalue weighted by molar-refractivity contribution is 5.76. The summed E-state index contributed by atoms with van der Waals surface area (Å²) in [7, 11) is 6.51. The van der Waals surface area contributed by atoms with Gasteiger partial charge in [-0.3, -0.25) is 9.59 Å². The van der Waals surface area contributed by atoms with E-state index < -0.39 is 0 Å². The molecule has 10 heteroatoms. The Labute approximate surface area is 251 Å². The van der Waals surface area contributed by atoms with Crippen molar-refractivity contribution in [1.82, 2.24) is 21.3 Å². The number of nitrogens with one attached hydrogen (secondary N) is 4. The van der Waals surface area contributed by atoms with Crippen LogP contribution >= 0.6 is 0 Å². The number of amides is 2. The third-order valence-corrected chi connectivity index (χ3v) is 6.88. The Balaban J connectivity index is 1.39. The average molecular weight is 587 g/mol. The predicted molar refractivity (Wildman–Crippen MR) is 166 cm³/mol. The van der Waals surface area contributed by atoms with E-state index in [0.29, 0.717) is 38.8 Å². The predicted octanol–water partition coefficient (Wildman–Crippen LogP) is 3.26. The van der Waals surface area contributed by atoms with E-state index in [1.807, 2.05) is 36.4 Å². The first-order valence-corrected chi connectivity index (χ1v) is 14.9. The molecule has 0 saturated heterocycles. The van der Waals surface area contributed by atoms with Crippen LogP contribution < -0.4 is 40.2 Å². The molecular weight excluding hydrogens is 536 g/mol. The van der Waals surface area contributed by atoms with E-state index in [0.717, 1.165) is 86.0 Å². The van der Waals surface area contributed by atoms with Gasteiger partial charge in [-0.2, -0.15) is 0 Å². The molecule has 0 radical (unpaired) electrons. The molecule has 0 spiro atoms. The van der Waals surface area contributed by atoms with Gasteiger partial charge in [0.15, 0.2) is 0 Å². The third kappa shape index (κ3) is 13.9. The van der Waals surface area contributed by atoms with E-state index in [1.165, 1.54) is 0 Å². The monoisotopic (exact) mass is 586 g/mol. The molecule has 4 N–H and O–H groups in total. The minimum atomic E-state index is 0.0411. The zero-order chi connectivity index (χ0) is 30.4. The maximum atomic E-state index is 12.2. The van der Waals surface area contributed by atoms with E-state index in [2.05, 4.69) is 21.3 Å². The molecule has 0 heterocycles. The van der Waals surface area contributed by atoms with Gasteiger partial charge < -0.3 is 40.2 Å². The van der Waals surface area contributed by atoms with Gasteiger partial charge in [-0.05, 0) is 112 Å². The number of rotatable bonds is 23. The number of ether oxygens (including phenoxy) is 4. The van der Waals surface area contributed by atoms with Crippen LogP contribution in [0.25, 0.3) is 0 Å². The van der Waals surface area contributed by atoms with Gasteiger partial charge in [0.25, 0.3) is 0 Å². The summed E-state index contributed by atoms with van der Waals surface area (Å²) in [6, 6.07) is 11.2. The topological polar surface area (TPSA) is 119 Å². The SMILES string of the molecule is COc1ccc(OC)c(CCC(=O)NCCCNCCCCNCCCNC(=O)CCc2cc(OC)ccc2OC)c1. The summed E-state index contributed by atoms with van der Waals surface area (Å²) in [5.41, 5.74) is 1.93. The summed E-state index contributed by atoms with van der Waals surface area (Å²) in [5.74, 6) is 3.14. The van der Waals surface area contributed by atoms with E-state index in [1.54, 1.807) is 28.4 Å². The summed E-state index contributed by atoms with van der Waals surface area (Å²) >= 11 is 0. The lowest BCUT2D eigenvalue weighted by Crippen LogP contribution is -2.28. The van der Waals surface area contributed by atoms with Crippen molar-refractivity contribution in [2.45, 2.75) is 51.4 Å². The molecule has 2 rings (SSSR count). The lowest BCUT2D eigenvalue weighted by Gasteiger charge is -2.11. The standard InChI is InChI=1S/C32H50N4O6/c1-39-27-11-13-29(41-3)25(23-27)9-15-31(37)35-21-7-19-33-17-5-6-18-34-20-8-22-36-32(38)16-10-26-24-28(40-2)12-14-30(26)42-4/h11-14,23-24,33-34H,5-10,15-22H2,1-4H3,(H,35,37)(H,36,38). The van der Waals surface area contributed by atoms with Crippen LogP contribution in [-0.2, 0) is 22.4 Å². The van der Waals surface area contributed by atoms with Crippen molar-refractivity contribution in [2.24, 2.45) is 0 Å². The minimum Gasteiger partial charge on any atom is -0.497 e. The molecule has 0 saturated carbocycles. The summed E-state index contributed by atoms with van der Waals surface area (Å²) in [4.78, 5) is 24.4. The van der Waals surface area contributed by atoms with Crippen LogP contribution in [0.3, 0.4) is 0 Å². The molecule has 2 amide bonds. The van der Waals surface area contributed by atoms with Crippen molar-refractivity contribution in [3.8, 4) is 23.0 Å². The van der Waals surface area contributed by atoms with Crippen LogP contribution in [0.5, 0.6) is 23.0 Å². The number of hydrogen-bond donors (Lipinski definition) is 4. The Bertz CT molecular complexity index is 982. The molecule has 0 atom stereocenters. The molecule has 0 unspecified atom stereocenters. The molecule has 2 aromatic carbocycles. The van der Waals surface area contributed by atoms with Gasteiger partial charge in [-0.25, -0.2) is 0 Å². The number of carbonyl (C=O) groups excluding carboxylic acids is 2. The van der Waals surface area contributed by atoms with Crippen LogP contribution in [0.2, 0.25) is 0 Å². The lowest BCUT2D eigenvalue weighted by atomic mass is 10.1. The molecule has 0 aliphatic heterocycles. The normalized spacial score (nSPS) is 10.7. The fourth-order valence-corrected chi connectivity index (χ4v) is 4.46. The maximum absolute atomic E-state index is 12.2. The smallest absolute Gasteiger partial charge is 0.220 e. The zero-order valence-corrected chi connectivity index (χ0v) is 25.8. The van der Waals surface area contributed by atoms with Crippen LogP contribution in [0.1, 0.15) is 49.7 Å². The number of hydrogen-bond acceptors (Lipinski definition) is 8. The number of carbonyl (C=O) groups is 2. The molecule has 0 fully saturated rings. The van der Waals surface area contributed by atoms with Gasteiger partial charge in [0, 0.05) is 25.9 Å². The molecule has 0 bridgehead atoms. The van der Waals surface area contributed by atoms with Crippen molar-refractivity contribution >= 4 is 11.8 Å². The minimum absolute atomic E-state index is 0.0411. The molecule has 0 aromatic heterocycles. The van der Waals surface area contributed by atoms with Crippen LogP contribution in [0.15, 0.2) is 36.4 Å². The van der Waals surface area contributed by atoms with E-state index in [9.17, 15) is 9.59 Å². The molecule has 0 aliphatic carbocycles. The third-order valence-electron chi connectivity index (χ3n) is 6.88. The van der Waals surface area contributed by atoms with E-state index in [4.69, 9.17) is 18.9 Å². The Morgan fingerprint density at radius 3 is 1.33 bits per heavy atom. The van der Waals surface area contributed by atoms with Crippen molar-refractivity contribution < 1.29 is 28.5 Å². The van der Waals surface area contributed by atoms with Crippen LogP contribution in [0.4, 0.5) is 0 Å².